The highest BCUT2D eigenvalue weighted by Gasteiger charge is 2.09. The molecule has 0 atom stereocenters. The zero-order chi connectivity index (χ0) is 19.2. The quantitative estimate of drug-likeness (QED) is 0.514. The first-order chi connectivity index (χ1) is 13.1. The van der Waals surface area contributed by atoms with E-state index in [2.05, 4.69) is 17.0 Å². The van der Waals surface area contributed by atoms with Crippen molar-refractivity contribution in [2.75, 3.05) is 0 Å². The van der Waals surface area contributed by atoms with Gasteiger partial charge in [0.15, 0.2) is 0 Å². The standard InChI is InChI=1S/C23H19NO2S/c1-3-7-16(8-4-2)22-15-21(24-27-22)19-11-5-9-17(13-19)18-10-6-12-20(14-18)23(25)26/h3-15H,1H2,2H3,(H,25,26)/b8-4-,16-7+. The molecule has 3 aromatic rings. The monoisotopic (exact) mass is 373 g/mol. The minimum atomic E-state index is -0.928. The van der Waals surface area contributed by atoms with Crippen LogP contribution in [-0.4, -0.2) is 15.4 Å². The third-order valence-electron chi connectivity index (χ3n) is 4.04. The van der Waals surface area contributed by atoms with Crippen LogP contribution in [0, 0.1) is 0 Å². The van der Waals surface area contributed by atoms with Crippen molar-refractivity contribution in [2.45, 2.75) is 6.92 Å². The normalized spacial score (nSPS) is 11.7. The third kappa shape index (κ3) is 4.30. The molecule has 0 bridgehead atoms. The molecule has 3 rings (SSSR count). The van der Waals surface area contributed by atoms with Gasteiger partial charge in [0.1, 0.15) is 0 Å². The summed E-state index contributed by atoms with van der Waals surface area (Å²) in [5.41, 5.74) is 5.06. The molecular formula is C23H19NO2S. The number of hydrogen-bond acceptors (Lipinski definition) is 3. The summed E-state index contributed by atoms with van der Waals surface area (Å²) in [5.74, 6) is -0.928. The SMILES string of the molecule is C=C/C=C(\C=C/C)c1cc(-c2cccc(-c3cccc(C(=O)O)c3)c2)ns1. The molecule has 0 aliphatic rings. The summed E-state index contributed by atoms with van der Waals surface area (Å²) in [5, 5.41) is 9.20. The van der Waals surface area contributed by atoms with E-state index in [0.717, 1.165) is 32.8 Å². The van der Waals surface area contributed by atoms with Gasteiger partial charge in [-0.3, -0.25) is 0 Å². The van der Waals surface area contributed by atoms with E-state index in [9.17, 15) is 9.90 Å². The van der Waals surface area contributed by atoms with Crippen LogP contribution in [0.15, 0.2) is 85.5 Å². The molecule has 0 aliphatic carbocycles. The Morgan fingerprint density at radius 1 is 1.07 bits per heavy atom. The molecule has 0 fully saturated rings. The van der Waals surface area contributed by atoms with Gasteiger partial charge < -0.3 is 5.11 Å². The largest absolute Gasteiger partial charge is 0.478 e. The lowest BCUT2D eigenvalue weighted by Crippen LogP contribution is -1.95. The molecule has 0 saturated carbocycles. The van der Waals surface area contributed by atoms with Crippen LogP contribution in [0.5, 0.6) is 0 Å². The Labute approximate surface area is 162 Å². The number of benzene rings is 2. The minimum absolute atomic E-state index is 0.277. The molecule has 1 N–H and O–H groups in total. The van der Waals surface area contributed by atoms with Crippen molar-refractivity contribution < 1.29 is 9.90 Å². The van der Waals surface area contributed by atoms with Gasteiger partial charge in [-0.05, 0) is 59.4 Å². The summed E-state index contributed by atoms with van der Waals surface area (Å²) in [6, 6.07) is 17.0. The molecule has 0 saturated heterocycles. The number of carbonyl (C=O) groups is 1. The van der Waals surface area contributed by atoms with Gasteiger partial charge in [-0.1, -0.05) is 61.2 Å². The fourth-order valence-electron chi connectivity index (χ4n) is 2.76. The summed E-state index contributed by atoms with van der Waals surface area (Å²) in [6.45, 7) is 5.75. The van der Waals surface area contributed by atoms with E-state index in [1.54, 1.807) is 24.3 Å². The maximum atomic E-state index is 11.2. The molecule has 1 aromatic heterocycles. The number of aromatic nitrogens is 1. The van der Waals surface area contributed by atoms with Crippen LogP contribution in [0.1, 0.15) is 22.2 Å². The van der Waals surface area contributed by atoms with Gasteiger partial charge in [0, 0.05) is 5.56 Å². The molecule has 4 heteroatoms. The minimum Gasteiger partial charge on any atom is -0.478 e. The van der Waals surface area contributed by atoms with Crippen molar-refractivity contribution >= 4 is 23.1 Å². The highest BCUT2D eigenvalue weighted by Crippen LogP contribution is 2.30. The molecule has 2 aromatic carbocycles. The lowest BCUT2D eigenvalue weighted by Gasteiger charge is -2.05. The highest BCUT2D eigenvalue weighted by atomic mass is 32.1. The Kier molecular flexibility index (Phi) is 5.79. The fourth-order valence-corrected chi connectivity index (χ4v) is 3.52. The molecule has 0 radical (unpaired) electrons. The van der Waals surface area contributed by atoms with E-state index in [1.165, 1.54) is 11.5 Å². The Morgan fingerprint density at radius 3 is 2.48 bits per heavy atom. The molecule has 0 aliphatic heterocycles. The average molecular weight is 373 g/mol. The van der Waals surface area contributed by atoms with Crippen molar-refractivity contribution in [3.8, 4) is 22.4 Å². The Bertz CT molecular complexity index is 1040. The van der Waals surface area contributed by atoms with Gasteiger partial charge in [-0.25, -0.2) is 4.79 Å². The molecule has 3 nitrogen and oxygen atoms in total. The van der Waals surface area contributed by atoms with Gasteiger partial charge in [-0.2, -0.15) is 4.37 Å². The van der Waals surface area contributed by atoms with Crippen LogP contribution in [0.25, 0.3) is 28.0 Å². The number of rotatable bonds is 6. The molecule has 0 amide bonds. The van der Waals surface area contributed by atoms with Gasteiger partial charge in [0.05, 0.1) is 16.1 Å². The summed E-state index contributed by atoms with van der Waals surface area (Å²) in [4.78, 5) is 12.3. The number of nitrogens with zero attached hydrogens (tertiary/aromatic N) is 1. The van der Waals surface area contributed by atoms with Crippen molar-refractivity contribution in [2.24, 2.45) is 0 Å². The number of carboxylic acid groups (broad SMARTS) is 1. The first-order valence-electron chi connectivity index (χ1n) is 8.49. The lowest BCUT2D eigenvalue weighted by atomic mass is 10.00. The second-order valence-electron chi connectivity index (χ2n) is 5.90. The average Bonchev–Trinajstić information content (AvgIpc) is 3.18. The van der Waals surface area contributed by atoms with E-state index in [0.29, 0.717) is 0 Å². The van der Waals surface area contributed by atoms with Crippen LogP contribution in [-0.2, 0) is 0 Å². The topological polar surface area (TPSA) is 50.2 Å². The maximum Gasteiger partial charge on any atom is 0.335 e. The van der Waals surface area contributed by atoms with Crippen molar-refractivity contribution in [3.63, 3.8) is 0 Å². The van der Waals surface area contributed by atoms with E-state index >= 15 is 0 Å². The second kappa shape index (κ2) is 8.43. The van der Waals surface area contributed by atoms with Crippen molar-refractivity contribution in [3.05, 3.63) is 95.9 Å². The fraction of sp³-hybridized carbons (Fsp3) is 0.0435. The van der Waals surface area contributed by atoms with Crippen molar-refractivity contribution in [1.29, 1.82) is 0 Å². The number of carboxylic acids is 1. The maximum absolute atomic E-state index is 11.2. The Hall–Kier alpha value is -3.24. The van der Waals surface area contributed by atoms with Gasteiger partial charge in [-0.15, -0.1) is 0 Å². The third-order valence-corrected chi connectivity index (χ3v) is 4.88. The Morgan fingerprint density at radius 2 is 1.78 bits per heavy atom. The summed E-state index contributed by atoms with van der Waals surface area (Å²) < 4.78 is 4.59. The summed E-state index contributed by atoms with van der Waals surface area (Å²) in [6.07, 6.45) is 7.76. The molecular weight excluding hydrogens is 354 g/mol. The van der Waals surface area contributed by atoms with E-state index in [-0.39, 0.29) is 5.56 Å². The number of hydrogen-bond donors (Lipinski definition) is 1. The molecule has 27 heavy (non-hydrogen) atoms. The summed E-state index contributed by atoms with van der Waals surface area (Å²) >= 11 is 1.45. The second-order valence-corrected chi connectivity index (χ2v) is 6.71. The molecule has 0 spiro atoms. The first kappa shape index (κ1) is 18.5. The predicted molar refractivity (Wildman–Crippen MR) is 113 cm³/mol. The highest BCUT2D eigenvalue weighted by molar-refractivity contribution is 7.07. The smallest absolute Gasteiger partial charge is 0.335 e. The Balaban J connectivity index is 1.97. The number of aromatic carboxylic acids is 1. The molecule has 1 heterocycles. The van der Waals surface area contributed by atoms with E-state index in [4.69, 9.17) is 0 Å². The predicted octanol–water partition coefficient (Wildman–Crippen LogP) is 6.32. The van der Waals surface area contributed by atoms with E-state index in [1.807, 2.05) is 55.5 Å². The first-order valence-corrected chi connectivity index (χ1v) is 9.26. The lowest BCUT2D eigenvalue weighted by molar-refractivity contribution is 0.0697. The zero-order valence-electron chi connectivity index (χ0n) is 14.9. The van der Waals surface area contributed by atoms with Crippen LogP contribution < -0.4 is 0 Å². The van der Waals surface area contributed by atoms with Gasteiger partial charge >= 0.3 is 5.97 Å². The van der Waals surface area contributed by atoms with Gasteiger partial charge in [0.2, 0.25) is 0 Å². The van der Waals surface area contributed by atoms with Crippen molar-refractivity contribution in [1.82, 2.24) is 4.37 Å². The van der Waals surface area contributed by atoms with Crippen LogP contribution in [0.3, 0.4) is 0 Å². The zero-order valence-corrected chi connectivity index (χ0v) is 15.7. The molecule has 134 valence electrons. The van der Waals surface area contributed by atoms with Crippen LogP contribution >= 0.6 is 11.5 Å². The van der Waals surface area contributed by atoms with Gasteiger partial charge in [0.25, 0.3) is 0 Å². The summed E-state index contributed by atoms with van der Waals surface area (Å²) in [7, 11) is 0. The van der Waals surface area contributed by atoms with E-state index < -0.39 is 5.97 Å². The van der Waals surface area contributed by atoms with Crippen LogP contribution in [0.2, 0.25) is 0 Å². The number of allylic oxidation sites excluding steroid dienone is 5. The van der Waals surface area contributed by atoms with Crippen LogP contribution in [0.4, 0.5) is 0 Å². The molecule has 0 unspecified atom stereocenters.